The highest BCUT2D eigenvalue weighted by atomic mass is 16.5. The Morgan fingerprint density at radius 2 is 2.04 bits per heavy atom. The maximum atomic E-state index is 12.8. The molecule has 3 fully saturated rings. The predicted molar refractivity (Wildman–Crippen MR) is 86.7 cm³/mol. The molecular weight excluding hydrogens is 290 g/mol. The topological polar surface area (TPSA) is 45.7 Å². The molecular formula is C18H25N3O2. The van der Waals surface area contributed by atoms with Gasteiger partial charge in [0.25, 0.3) is 0 Å². The fourth-order valence-corrected chi connectivity index (χ4v) is 4.33. The molecule has 124 valence electrons. The minimum absolute atomic E-state index is 0.0919. The highest BCUT2D eigenvalue weighted by molar-refractivity contribution is 5.79. The van der Waals surface area contributed by atoms with Crippen molar-refractivity contribution in [3.63, 3.8) is 0 Å². The van der Waals surface area contributed by atoms with E-state index in [0.717, 1.165) is 58.5 Å². The van der Waals surface area contributed by atoms with E-state index in [1.165, 1.54) is 5.56 Å². The molecule has 1 aromatic rings. The van der Waals surface area contributed by atoms with E-state index in [9.17, 15) is 4.79 Å². The van der Waals surface area contributed by atoms with Gasteiger partial charge in [-0.25, -0.2) is 0 Å². The van der Waals surface area contributed by atoms with Gasteiger partial charge in [0.15, 0.2) is 0 Å². The Bertz CT molecular complexity index is 544. The van der Waals surface area contributed by atoms with Crippen LogP contribution in [-0.2, 0) is 16.1 Å². The second-order valence-electron chi connectivity index (χ2n) is 7.02. The van der Waals surface area contributed by atoms with Gasteiger partial charge in [-0.2, -0.15) is 0 Å². The van der Waals surface area contributed by atoms with Crippen LogP contribution >= 0.6 is 0 Å². The molecule has 4 heterocycles. The Balaban J connectivity index is 1.49. The smallest absolute Gasteiger partial charge is 0.227 e. The number of hydrogen-bond acceptors (Lipinski definition) is 4. The highest BCUT2D eigenvalue weighted by Gasteiger charge is 2.43. The van der Waals surface area contributed by atoms with Crippen LogP contribution < -0.4 is 0 Å². The molecule has 3 saturated heterocycles. The zero-order chi connectivity index (χ0) is 15.6. The third-order valence-electron chi connectivity index (χ3n) is 5.52. The Morgan fingerprint density at radius 3 is 2.83 bits per heavy atom. The minimum Gasteiger partial charge on any atom is -0.377 e. The van der Waals surface area contributed by atoms with Gasteiger partial charge in [-0.05, 0) is 43.4 Å². The highest BCUT2D eigenvalue weighted by Crippen LogP contribution is 2.33. The lowest BCUT2D eigenvalue weighted by molar-refractivity contribution is -0.139. The van der Waals surface area contributed by atoms with E-state index in [1.54, 1.807) is 0 Å². The number of carbonyl (C=O) groups excluding carboxylic acids is 1. The molecule has 3 aliphatic rings. The lowest BCUT2D eigenvalue weighted by Gasteiger charge is -2.41. The van der Waals surface area contributed by atoms with Gasteiger partial charge in [0, 0.05) is 51.2 Å². The van der Waals surface area contributed by atoms with Crippen LogP contribution in [0, 0.1) is 5.92 Å². The Kier molecular flexibility index (Phi) is 4.31. The van der Waals surface area contributed by atoms with Gasteiger partial charge in [0.1, 0.15) is 0 Å². The molecule has 0 radical (unpaired) electrons. The Morgan fingerprint density at radius 1 is 1.26 bits per heavy atom. The van der Waals surface area contributed by atoms with E-state index in [-0.39, 0.29) is 12.0 Å². The number of aromatic nitrogens is 1. The Hall–Kier alpha value is -1.46. The largest absolute Gasteiger partial charge is 0.377 e. The van der Waals surface area contributed by atoms with E-state index < -0.39 is 0 Å². The molecule has 5 nitrogen and oxygen atoms in total. The van der Waals surface area contributed by atoms with Gasteiger partial charge in [0.2, 0.25) is 5.91 Å². The SMILES string of the molecule is O=C([C@@H]1C[C@H]2OCC[C@H]2N(Cc2ccncc2)C1)N1CCCC1. The molecule has 0 unspecified atom stereocenters. The average Bonchev–Trinajstić information content (AvgIpc) is 3.26. The lowest BCUT2D eigenvalue weighted by atomic mass is 9.88. The molecule has 0 aliphatic carbocycles. The first-order chi connectivity index (χ1) is 11.3. The molecule has 0 saturated carbocycles. The van der Waals surface area contributed by atoms with Gasteiger partial charge in [-0.15, -0.1) is 0 Å². The number of fused-ring (bicyclic) bond motifs is 1. The number of carbonyl (C=O) groups is 1. The van der Waals surface area contributed by atoms with Gasteiger partial charge in [-0.3, -0.25) is 14.7 Å². The number of piperidine rings is 1. The normalized spacial score (nSPS) is 31.3. The molecule has 3 aliphatic heterocycles. The van der Waals surface area contributed by atoms with E-state index >= 15 is 0 Å². The molecule has 4 rings (SSSR count). The fraction of sp³-hybridized carbons (Fsp3) is 0.667. The second-order valence-corrected chi connectivity index (χ2v) is 7.02. The van der Waals surface area contributed by atoms with Crippen molar-refractivity contribution in [2.24, 2.45) is 5.92 Å². The summed E-state index contributed by atoms with van der Waals surface area (Å²) in [6.07, 6.45) is 8.20. The fourth-order valence-electron chi connectivity index (χ4n) is 4.33. The van der Waals surface area contributed by atoms with E-state index in [0.29, 0.717) is 11.9 Å². The van der Waals surface area contributed by atoms with Crippen molar-refractivity contribution in [1.82, 2.24) is 14.8 Å². The van der Waals surface area contributed by atoms with Crippen LogP contribution in [0.3, 0.4) is 0 Å². The maximum absolute atomic E-state index is 12.8. The van der Waals surface area contributed by atoms with Crippen molar-refractivity contribution in [3.05, 3.63) is 30.1 Å². The molecule has 0 bridgehead atoms. The Labute approximate surface area is 137 Å². The average molecular weight is 315 g/mol. The molecule has 1 amide bonds. The zero-order valence-corrected chi connectivity index (χ0v) is 13.6. The third-order valence-corrected chi connectivity index (χ3v) is 5.52. The number of likely N-dealkylation sites (tertiary alicyclic amines) is 2. The van der Waals surface area contributed by atoms with Gasteiger partial charge >= 0.3 is 0 Å². The lowest BCUT2D eigenvalue weighted by Crippen LogP contribution is -2.52. The van der Waals surface area contributed by atoms with Crippen molar-refractivity contribution < 1.29 is 9.53 Å². The number of nitrogens with zero attached hydrogens (tertiary/aromatic N) is 3. The number of rotatable bonds is 3. The van der Waals surface area contributed by atoms with Crippen LogP contribution in [0.4, 0.5) is 0 Å². The first kappa shape index (κ1) is 15.1. The standard InChI is InChI=1S/C18H25N3O2/c22-18(20-8-1-2-9-20)15-11-17-16(5-10-23-17)21(13-15)12-14-3-6-19-7-4-14/h3-4,6-7,15-17H,1-2,5,8-13H2/t15-,16-,17-/m1/s1. The summed E-state index contributed by atoms with van der Waals surface area (Å²) in [5.74, 6) is 0.436. The predicted octanol–water partition coefficient (Wildman–Crippen LogP) is 1.68. The molecule has 1 aromatic heterocycles. The maximum Gasteiger partial charge on any atom is 0.227 e. The van der Waals surface area contributed by atoms with Crippen LogP contribution in [0.5, 0.6) is 0 Å². The van der Waals surface area contributed by atoms with Crippen LogP contribution in [0.2, 0.25) is 0 Å². The van der Waals surface area contributed by atoms with E-state index in [4.69, 9.17) is 4.74 Å². The second kappa shape index (κ2) is 6.57. The third kappa shape index (κ3) is 3.12. The zero-order valence-electron chi connectivity index (χ0n) is 13.6. The first-order valence-corrected chi connectivity index (χ1v) is 8.84. The van der Waals surface area contributed by atoms with E-state index in [2.05, 4.69) is 26.9 Å². The van der Waals surface area contributed by atoms with Crippen molar-refractivity contribution in [2.45, 2.75) is 44.4 Å². The molecule has 23 heavy (non-hydrogen) atoms. The van der Waals surface area contributed by atoms with Gasteiger partial charge in [0.05, 0.1) is 12.0 Å². The minimum atomic E-state index is 0.0919. The summed E-state index contributed by atoms with van der Waals surface area (Å²) in [5, 5.41) is 0. The van der Waals surface area contributed by atoms with Gasteiger partial charge in [-0.1, -0.05) is 0 Å². The summed E-state index contributed by atoms with van der Waals surface area (Å²) in [6.45, 7) is 4.45. The van der Waals surface area contributed by atoms with Crippen molar-refractivity contribution in [2.75, 3.05) is 26.2 Å². The summed E-state index contributed by atoms with van der Waals surface area (Å²) < 4.78 is 5.94. The monoisotopic (exact) mass is 315 g/mol. The molecule has 3 atom stereocenters. The molecule has 0 aromatic carbocycles. The van der Waals surface area contributed by atoms with Crippen LogP contribution in [-0.4, -0.2) is 59.1 Å². The summed E-state index contributed by atoms with van der Waals surface area (Å²) in [7, 11) is 0. The summed E-state index contributed by atoms with van der Waals surface area (Å²) >= 11 is 0. The van der Waals surface area contributed by atoms with Crippen LogP contribution in [0.1, 0.15) is 31.2 Å². The number of amides is 1. The number of ether oxygens (including phenoxy) is 1. The molecule has 0 N–H and O–H groups in total. The molecule has 5 heteroatoms. The number of pyridine rings is 1. The van der Waals surface area contributed by atoms with Crippen molar-refractivity contribution in [1.29, 1.82) is 0 Å². The quantitative estimate of drug-likeness (QED) is 0.851. The first-order valence-electron chi connectivity index (χ1n) is 8.84. The van der Waals surface area contributed by atoms with Crippen molar-refractivity contribution >= 4 is 5.91 Å². The summed E-state index contributed by atoms with van der Waals surface area (Å²) in [6, 6.07) is 4.60. The van der Waals surface area contributed by atoms with Crippen molar-refractivity contribution in [3.8, 4) is 0 Å². The molecule has 0 spiro atoms. The number of hydrogen-bond donors (Lipinski definition) is 0. The summed E-state index contributed by atoms with van der Waals surface area (Å²) in [5.41, 5.74) is 1.26. The van der Waals surface area contributed by atoms with E-state index in [1.807, 2.05) is 12.4 Å². The van der Waals surface area contributed by atoms with Gasteiger partial charge < -0.3 is 9.64 Å². The van der Waals surface area contributed by atoms with Crippen LogP contribution in [0.15, 0.2) is 24.5 Å². The van der Waals surface area contributed by atoms with Crippen LogP contribution in [0.25, 0.3) is 0 Å². The summed E-state index contributed by atoms with van der Waals surface area (Å²) in [4.78, 5) is 21.4.